The van der Waals surface area contributed by atoms with Gasteiger partial charge >= 0.3 is 0 Å². The van der Waals surface area contributed by atoms with Crippen LogP contribution in [0.25, 0.3) is 10.8 Å². The van der Waals surface area contributed by atoms with Gasteiger partial charge in [0, 0.05) is 24.9 Å². The van der Waals surface area contributed by atoms with E-state index < -0.39 is 0 Å². The van der Waals surface area contributed by atoms with Gasteiger partial charge < -0.3 is 19.7 Å². The minimum absolute atomic E-state index is 0.0230. The van der Waals surface area contributed by atoms with Crippen LogP contribution >= 0.6 is 0 Å². The second-order valence-corrected chi connectivity index (χ2v) is 7.53. The Morgan fingerprint density at radius 3 is 2.67 bits per heavy atom. The summed E-state index contributed by atoms with van der Waals surface area (Å²) in [4.78, 5) is 15.2. The summed E-state index contributed by atoms with van der Waals surface area (Å²) in [6.07, 6.45) is -0.381. The van der Waals surface area contributed by atoms with Crippen LogP contribution in [0.15, 0.2) is 72.8 Å². The zero-order chi connectivity index (χ0) is 21.1. The standard InChI is InChI=1S/C25H26N2O3/c1-17(2)16-30-22-13-12-18-8-4-5-9-19(18)23(22)24-26-21-11-7-6-10-20(21)25(28)27(24)14-15-29-3/h4-13,24,26H,1,14-16H2,2-3H3. The molecule has 0 fully saturated rings. The molecule has 4 rings (SSSR count). The number of hydrogen-bond donors (Lipinski definition) is 1. The molecule has 1 N–H and O–H groups in total. The van der Waals surface area contributed by atoms with Crippen molar-refractivity contribution in [3.8, 4) is 5.75 Å². The van der Waals surface area contributed by atoms with Crippen molar-refractivity contribution in [3.63, 3.8) is 0 Å². The van der Waals surface area contributed by atoms with E-state index in [-0.39, 0.29) is 12.1 Å². The van der Waals surface area contributed by atoms with Crippen LogP contribution in [0.2, 0.25) is 0 Å². The summed E-state index contributed by atoms with van der Waals surface area (Å²) in [6, 6.07) is 19.8. The molecule has 3 aromatic carbocycles. The van der Waals surface area contributed by atoms with Crippen molar-refractivity contribution >= 4 is 22.4 Å². The molecule has 0 bridgehead atoms. The molecule has 0 spiro atoms. The van der Waals surface area contributed by atoms with Crippen LogP contribution in [0.5, 0.6) is 5.75 Å². The summed E-state index contributed by atoms with van der Waals surface area (Å²) >= 11 is 0. The van der Waals surface area contributed by atoms with E-state index in [1.54, 1.807) is 7.11 Å². The topological polar surface area (TPSA) is 50.8 Å². The second kappa shape index (κ2) is 8.59. The van der Waals surface area contributed by atoms with E-state index >= 15 is 0 Å². The summed E-state index contributed by atoms with van der Waals surface area (Å²) in [7, 11) is 1.64. The molecule has 30 heavy (non-hydrogen) atoms. The Balaban J connectivity index is 1.88. The molecule has 0 aliphatic carbocycles. The summed E-state index contributed by atoms with van der Waals surface area (Å²) < 4.78 is 11.4. The van der Waals surface area contributed by atoms with E-state index in [0.717, 1.165) is 33.3 Å². The maximum absolute atomic E-state index is 13.4. The summed E-state index contributed by atoms with van der Waals surface area (Å²) in [5.41, 5.74) is 3.35. The number of nitrogens with zero attached hydrogens (tertiary/aromatic N) is 1. The second-order valence-electron chi connectivity index (χ2n) is 7.53. The molecule has 1 amide bonds. The fraction of sp³-hybridized carbons (Fsp3) is 0.240. The van der Waals surface area contributed by atoms with Crippen LogP contribution < -0.4 is 10.1 Å². The van der Waals surface area contributed by atoms with Gasteiger partial charge in [0.05, 0.1) is 12.2 Å². The van der Waals surface area contributed by atoms with Gasteiger partial charge in [-0.05, 0) is 41.5 Å². The predicted octanol–water partition coefficient (Wildman–Crippen LogP) is 5.01. The molecule has 1 unspecified atom stereocenters. The molecule has 0 saturated carbocycles. The molecule has 5 heteroatoms. The van der Waals surface area contributed by atoms with Gasteiger partial charge in [-0.15, -0.1) is 0 Å². The van der Waals surface area contributed by atoms with E-state index in [4.69, 9.17) is 9.47 Å². The zero-order valence-electron chi connectivity index (χ0n) is 17.4. The third-order valence-corrected chi connectivity index (χ3v) is 5.24. The van der Waals surface area contributed by atoms with Crippen LogP contribution in [0.4, 0.5) is 5.69 Å². The SMILES string of the molecule is C=C(C)COc1ccc2ccccc2c1C1Nc2ccccc2C(=O)N1CCOC. The summed E-state index contributed by atoms with van der Waals surface area (Å²) in [5.74, 6) is 0.717. The van der Waals surface area contributed by atoms with Crippen LogP contribution in [0, 0.1) is 0 Å². The van der Waals surface area contributed by atoms with E-state index in [9.17, 15) is 4.79 Å². The minimum atomic E-state index is -0.381. The summed E-state index contributed by atoms with van der Waals surface area (Å²) in [6.45, 7) is 7.21. The molecular formula is C25H26N2O3. The van der Waals surface area contributed by atoms with E-state index in [1.165, 1.54) is 0 Å². The first kappa shape index (κ1) is 20.0. The molecular weight excluding hydrogens is 376 g/mol. The van der Waals surface area contributed by atoms with Crippen LogP contribution in [0.3, 0.4) is 0 Å². The van der Waals surface area contributed by atoms with Crippen molar-refractivity contribution in [1.29, 1.82) is 0 Å². The highest BCUT2D eigenvalue weighted by Gasteiger charge is 2.35. The highest BCUT2D eigenvalue weighted by Crippen LogP contribution is 2.40. The number of methoxy groups -OCH3 is 1. The van der Waals surface area contributed by atoms with Crippen molar-refractivity contribution in [2.75, 3.05) is 32.2 Å². The minimum Gasteiger partial charge on any atom is -0.489 e. The van der Waals surface area contributed by atoms with Crippen molar-refractivity contribution in [2.24, 2.45) is 0 Å². The molecule has 1 atom stereocenters. The number of para-hydroxylation sites is 1. The normalized spacial score (nSPS) is 15.6. The lowest BCUT2D eigenvalue weighted by molar-refractivity contribution is 0.0608. The Morgan fingerprint density at radius 2 is 1.87 bits per heavy atom. The van der Waals surface area contributed by atoms with Gasteiger partial charge in [-0.2, -0.15) is 0 Å². The zero-order valence-corrected chi connectivity index (χ0v) is 17.4. The molecule has 154 valence electrons. The third-order valence-electron chi connectivity index (χ3n) is 5.24. The largest absolute Gasteiger partial charge is 0.489 e. The van der Waals surface area contributed by atoms with Crippen LogP contribution in [-0.4, -0.2) is 37.7 Å². The molecule has 1 heterocycles. The number of hydrogen-bond acceptors (Lipinski definition) is 4. The fourth-order valence-corrected chi connectivity index (χ4v) is 3.83. The van der Waals surface area contributed by atoms with Gasteiger partial charge in [0.1, 0.15) is 18.5 Å². The van der Waals surface area contributed by atoms with Crippen molar-refractivity contribution in [2.45, 2.75) is 13.1 Å². The van der Waals surface area contributed by atoms with Gasteiger partial charge in [-0.1, -0.05) is 49.0 Å². The number of rotatable bonds is 7. The maximum atomic E-state index is 13.4. The third kappa shape index (κ3) is 3.76. The molecule has 1 aliphatic heterocycles. The maximum Gasteiger partial charge on any atom is 0.257 e. The quantitative estimate of drug-likeness (QED) is 0.565. The predicted molar refractivity (Wildman–Crippen MR) is 120 cm³/mol. The molecule has 5 nitrogen and oxygen atoms in total. The van der Waals surface area contributed by atoms with E-state index in [0.29, 0.717) is 25.3 Å². The number of ether oxygens (including phenoxy) is 2. The highest BCUT2D eigenvalue weighted by atomic mass is 16.5. The molecule has 0 saturated heterocycles. The van der Waals surface area contributed by atoms with Crippen molar-refractivity contribution in [3.05, 3.63) is 83.9 Å². The van der Waals surface area contributed by atoms with Gasteiger partial charge in [-0.3, -0.25) is 4.79 Å². The lowest BCUT2D eigenvalue weighted by Gasteiger charge is -2.39. The Hall–Kier alpha value is -3.31. The highest BCUT2D eigenvalue weighted by molar-refractivity contribution is 6.02. The lowest BCUT2D eigenvalue weighted by atomic mass is 9.97. The van der Waals surface area contributed by atoms with E-state index in [2.05, 4.69) is 24.0 Å². The van der Waals surface area contributed by atoms with Crippen LogP contribution in [-0.2, 0) is 4.74 Å². The number of nitrogens with one attached hydrogen (secondary N) is 1. The Kier molecular flexibility index (Phi) is 5.72. The van der Waals surface area contributed by atoms with Crippen molar-refractivity contribution < 1.29 is 14.3 Å². The van der Waals surface area contributed by atoms with Crippen LogP contribution in [0.1, 0.15) is 29.0 Å². The average Bonchev–Trinajstić information content (AvgIpc) is 2.76. The number of anilines is 1. The summed E-state index contributed by atoms with van der Waals surface area (Å²) in [5, 5.41) is 5.71. The molecule has 3 aromatic rings. The first-order valence-electron chi connectivity index (χ1n) is 10.0. The number of carbonyl (C=O) groups excluding carboxylic acids is 1. The Labute approximate surface area is 176 Å². The lowest BCUT2D eigenvalue weighted by Crippen LogP contribution is -2.44. The fourth-order valence-electron chi connectivity index (χ4n) is 3.83. The van der Waals surface area contributed by atoms with E-state index in [1.807, 2.05) is 60.4 Å². The molecule has 0 radical (unpaired) electrons. The smallest absolute Gasteiger partial charge is 0.257 e. The number of benzene rings is 3. The number of fused-ring (bicyclic) bond motifs is 2. The first-order chi connectivity index (χ1) is 14.6. The van der Waals surface area contributed by atoms with Gasteiger partial charge in [0.15, 0.2) is 0 Å². The Bertz CT molecular complexity index is 1090. The average molecular weight is 402 g/mol. The van der Waals surface area contributed by atoms with Gasteiger partial charge in [-0.25, -0.2) is 0 Å². The molecule has 1 aliphatic rings. The monoisotopic (exact) mass is 402 g/mol. The number of amides is 1. The Morgan fingerprint density at radius 1 is 1.10 bits per heavy atom. The van der Waals surface area contributed by atoms with Crippen molar-refractivity contribution in [1.82, 2.24) is 4.90 Å². The van der Waals surface area contributed by atoms with Gasteiger partial charge in [0.25, 0.3) is 5.91 Å². The first-order valence-corrected chi connectivity index (χ1v) is 10.0. The van der Waals surface area contributed by atoms with Gasteiger partial charge in [0.2, 0.25) is 0 Å². The molecule has 0 aromatic heterocycles. The number of carbonyl (C=O) groups is 1.